The van der Waals surface area contributed by atoms with Crippen LogP contribution in [0.5, 0.6) is 0 Å². The van der Waals surface area contributed by atoms with Crippen LogP contribution < -0.4 is 0 Å². The molecular formula is C20H19BrFN5O3S. The summed E-state index contributed by atoms with van der Waals surface area (Å²) >= 11 is 1.78. The highest BCUT2D eigenvalue weighted by atomic mass is 79.9. The molecular weight excluding hydrogens is 489 g/mol. The molecule has 0 bridgehead atoms. The van der Waals surface area contributed by atoms with Crippen molar-refractivity contribution >= 4 is 55.0 Å². The molecule has 0 saturated carbocycles. The third-order valence-electron chi connectivity index (χ3n) is 5.74. The average molecular weight is 508 g/mol. The number of aryl methyl sites for hydroxylation is 1. The third kappa shape index (κ3) is 3.62. The van der Waals surface area contributed by atoms with Gasteiger partial charge in [0.1, 0.15) is 11.8 Å². The number of hydrogen-bond acceptors (Lipinski definition) is 5. The fourth-order valence-corrected chi connectivity index (χ4v) is 5.26. The molecule has 3 atom stereocenters. The molecule has 3 heterocycles. The molecule has 1 aromatic carbocycles. The summed E-state index contributed by atoms with van der Waals surface area (Å²) in [6.07, 6.45) is 3.00. The second-order valence-electron chi connectivity index (χ2n) is 7.61. The standard InChI is InChI=1S/C20H19BrFN5O3S/c1-10-7-13-17(16(22)15(10)21)25-19(31(2)30)14-9-24-27(18(13)14)12-4-6-26(20(28)29)11(8-12)3-5-23/h7,9,11-12H,3-4,6,8H2,1-2H3,(H,28,29)/t11-,12+,31?/m1/s1. The van der Waals surface area contributed by atoms with Crippen LogP contribution in [-0.4, -0.2) is 54.3 Å². The molecule has 1 aliphatic rings. The summed E-state index contributed by atoms with van der Waals surface area (Å²) in [6, 6.07) is 3.23. The maximum absolute atomic E-state index is 15.1. The number of piperidine rings is 1. The maximum atomic E-state index is 15.1. The van der Waals surface area contributed by atoms with Crippen molar-refractivity contribution in [2.75, 3.05) is 12.8 Å². The predicted octanol–water partition coefficient (Wildman–Crippen LogP) is 4.13. The van der Waals surface area contributed by atoms with Gasteiger partial charge in [0, 0.05) is 23.1 Å². The number of benzene rings is 1. The fourth-order valence-electron chi connectivity index (χ4n) is 4.28. The van der Waals surface area contributed by atoms with Gasteiger partial charge in [0.2, 0.25) is 0 Å². The second kappa shape index (κ2) is 8.26. The average Bonchev–Trinajstić information content (AvgIpc) is 3.17. The first-order chi connectivity index (χ1) is 14.7. The van der Waals surface area contributed by atoms with Gasteiger partial charge in [-0.2, -0.15) is 15.3 Å². The Kier molecular flexibility index (Phi) is 5.81. The fraction of sp³-hybridized carbons (Fsp3) is 0.400. The number of rotatable bonds is 3. The van der Waals surface area contributed by atoms with Gasteiger partial charge in [0.15, 0.2) is 5.82 Å². The highest BCUT2D eigenvalue weighted by molar-refractivity contribution is 9.10. The van der Waals surface area contributed by atoms with Gasteiger partial charge in [-0.05, 0) is 47.3 Å². The summed E-state index contributed by atoms with van der Waals surface area (Å²) in [4.78, 5) is 17.2. The van der Waals surface area contributed by atoms with E-state index < -0.39 is 29.1 Å². The first-order valence-electron chi connectivity index (χ1n) is 9.60. The van der Waals surface area contributed by atoms with Crippen LogP contribution in [0.15, 0.2) is 21.8 Å². The number of pyridine rings is 1. The Balaban J connectivity index is 1.93. The first-order valence-corrected chi connectivity index (χ1v) is 11.9. The van der Waals surface area contributed by atoms with E-state index in [1.54, 1.807) is 17.8 Å². The van der Waals surface area contributed by atoms with E-state index in [2.05, 4.69) is 32.1 Å². The van der Waals surface area contributed by atoms with E-state index in [1.807, 2.05) is 6.07 Å². The Morgan fingerprint density at radius 1 is 1.52 bits per heavy atom. The van der Waals surface area contributed by atoms with Crippen LogP contribution in [0.1, 0.15) is 30.9 Å². The molecule has 0 aliphatic carbocycles. The molecule has 31 heavy (non-hydrogen) atoms. The van der Waals surface area contributed by atoms with Gasteiger partial charge in [-0.1, -0.05) is 0 Å². The van der Waals surface area contributed by atoms with Gasteiger partial charge in [0.25, 0.3) is 5.03 Å². The van der Waals surface area contributed by atoms with Crippen molar-refractivity contribution in [2.24, 2.45) is 0 Å². The topological polar surface area (TPSA) is 118 Å². The number of hydrogen-bond donors (Lipinski definition) is 1. The largest absolute Gasteiger partial charge is 0.610 e. The number of nitrogens with zero attached hydrogens (tertiary/aromatic N) is 5. The molecule has 1 amide bonds. The molecule has 0 radical (unpaired) electrons. The maximum Gasteiger partial charge on any atom is 0.407 e. The molecule has 1 aliphatic heterocycles. The van der Waals surface area contributed by atoms with Crippen molar-refractivity contribution < 1.29 is 18.8 Å². The number of carbonyl (C=O) groups is 1. The number of amides is 1. The zero-order chi connectivity index (χ0) is 22.4. The first kappa shape index (κ1) is 21.8. The zero-order valence-corrected chi connectivity index (χ0v) is 19.2. The molecule has 0 spiro atoms. The molecule has 162 valence electrons. The van der Waals surface area contributed by atoms with Gasteiger partial charge < -0.3 is 14.6 Å². The second-order valence-corrected chi connectivity index (χ2v) is 9.70. The molecule has 8 nitrogen and oxygen atoms in total. The molecule has 1 saturated heterocycles. The minimum atomic E-state index is -1.47. The summed E-state index contributed by atoms with van der Waals surface area (Å²) in [7, 11) is 0. The Bertz CT molecular complexity index is 1240. The number of halogens is 2. The van der Waals surface area contributed by atoms with E-state index in [4.69, 9.17) is 5.26 Å². The summed E-state index contributed by atoms with van der Waals surface area (Å²) in [5, 5.41) is 24.5. The SMILES string of the molecule is Cc1cc2c(nc([S+](C)[O-])c3cnn([C@H]4CCN(C(=O)O)[C@H](CC#N)C4)c32)c(F)c1Br. The Hall–Kier alpha value is -2.42. The summed E-state index contributed by atoms with van der Waals surface area (Å²) < 4.78 is 29.5. The van der Waals surface area contributed by atoms with Crippen LogP contribution in [0.25, 0.3) is 21.8 Å². The molecule has 1 N–H and O–H groups in total. The van der Waals surface area contributed by atoms with Crippen LogP contribution in [0.2, 0.25) is 0 Å². The number of likely N-dealkylation sites (tertiary alicyclic amines) is 1. The molecule has 11 heteroatoms. The zero-order valence-electron chi connectivity index (χ0n) is 16.8. The van der Waals surface area contributed by atoms with E-state index in [9.17, 15) is 14.5 Å². The van der Waals surface area contributed by atoms with Crippen molar-refractivity contribution in [1.82, 2.24) is 19.7 Å². The van der Waals surface area contributed by atoms with Gasteiger partial charge in [-0.25, -0.2) is 9.18 Å². The van der Waals surface area contributed by atoms with Crippen LogP contribution in [0, 0.1) is 24.1 Å². The van der Waals surface area contributed by atoms with Gasteiger partial charge in [0.05, 0.1) is 46.1 Å². The lowest BCUT2D eigenvalue weighted by molar-refractivity contribution is 0.0915. The lowest BCUT2D eigenvalue weighted by Crippen LogP contribution is -2.45. The molecule has 1 unspecified atom stereocenters. The highest BCUT2D eigenvalue weighted by Crippen LogP contribution is 2.38. The molecule has 2 aromatic heterocycles. The summed E-state index contributed by atoms with van der Waals surface area (Å²) in [5.41, 5.74) is 1.41. The van der Waals surface area contributed by atoms with Gasteiger partial charge in [-0.3, -0.25) is 4.68 Å². The number of aromatic nitrogens is 3. The Morgan fingerprint density at radius 3 is 2.90 bits per heavy atom. The van der Waals surface area contributed by atoms with E-state index >= 15 is 4.39 Å². The summed E-state index contributed by atoms with van der Waals surface area (Å²) in [6.45, 7) is 2.04. The molecule has 4 rings (SSSR count). The molecule has 3 aromatic rings. The van der Waals surface area contributed by atoms with Crippen molar-refractivity contribution in [3.63, 3.8) is 0 Å². The van der Waals surface area contributed by atoms with E-state index in [0.29, 0.717) is 39.2 Å². The van der Waals surface area contributed by atoms with Crippen molar-refractivity contribution in [3.05, 3.63) is 28.1 Å². The number of carboxylic acid groups (broad SMARTS) is 1. The highest BCUT2D eigenvalue weighted by Gasteiger charge is 2.34. The number of fused-ring (bicyclic) bond motifs is 3. The van der Waals surface area contributed by atoms with E-state index in [1.165, 1.54) is 11.2 Å². The minimum absolute atomic E-state index is 0.0786. The normalized spacial score (nSPS) is 20.2. The quantitative estimate of drug-likeness (QED) is 0.532. The lowest BCUT2D eigenvalue weighted by atomic mass is 9.95. The summed E-state index contributed by atoms with van der Waals surface area (Å²) in [5.74, 6) is -0.528. The van der Waals surface area contributed by atoms with Crippen molar-refractivity contribution in [2.45, 2.75) is 43.3 Å². The van der Waals surface area contributed by atoms with E-state index in [0.717, 1.165) is 0 Å². The van der Waals surface area contributed by atoms with Crippen molar-refractivity contribution in [3.8, 4) is 6.07 Å². The third-order valence-corrected chi connectivity index (χ3v) is 7.57. The van der Waals surface area contributed by atoms with Gasteiger partial charge >= 0.3 is 6.09 Å². The monoisotopic (exact) mass is 507 g/mol. The van der Waals surface area contributed by atoms with Crippen LogP contribution in [0.4, 0.5) is 9.18 Å². The predicted molar refractivity (Wildman–Crippen MR) is 117 cm³/mol. The molecule has 1 fully saturated rings. The minimum Gasteiger partial charge on any atom is -0.610 e. The van der Waals surface area contributed by atoms with Gasteiger partial charge in [-0.15, -0.1) is 0 Å². The van der Waals surface area contributed by atoms with Crippen LogP contribution in [-0.2, 0) is 11.2 Å². The van der Waals surface area contributed by atoms with Crippen molar-refractivity contribution in [1.29, 1.82) is 5.26 Å². The smallest absolute Gasteiger partial charge is 0.407 e. The van der Waals surface area contributed by atoms with Crippen LogP contribution in [0.3, 0.4) is 0 Å². The number of nitriles is 1. The van der Waals surface area contributed by atoms with E-state index in [-0.39, 0.29) is 29.6 Å². The van der Waals surface area contributed by atoms with Crippen LogP contribution >= 0.6 is 15.9 Å². The lowest BCUT2D eigenvalue weighted by Gasteiger charge is -2.37. The Labute approximate surface area is 189 Å². The Morgan fingerprint density at radius 2 is 2.26 bits per heavy atom.